The molecule has 1 aromatic carbocycles. The number of H-pyrrole nitrogens is 1. The molecule has 1 N–H and O–H groups in total. The highest BCUT2D eigenvalue weighted by Crippen LogP contribution is 2.22. The van der Waals surface area contributed by atoms with Crippen molar-refractivity contribution in [3.05, 3.63) is 30.0 Å². The summed E-state index contributed by atoms with van der Waals surface area (Å²) in [7, 11) is 0. The van der Waals surface area contributed by atoms with E-state index in [2.05, 4.69) is 15.1 Å². The van der Waals surface area contributed by atoms with E-state index in [4.69, 9.17) is 0 Å². The molecule has 2 aromatic rings. The Labute approximate surface area is 123 Å². The molecule has 0 bridgehead atoms. The number of aromatic amines is 1. The number of amides is 1. The van der Waals surface area contributed by atoms with E-state index in [9.17, 15) is 4.79 Å². The molecule has 1 unspecified atom stereocenters. The van der Waals surface area contributed by atoms with E-state index >= 15 is 0 Å². The largest absolute Gasteiger partial charge is 0.336 e. The minimum absolute atomic E-state index is 0.150. The van der Waals surface area contributed by atoms with Gasteiger partial charge in [0, 0.05) is 36.6 Å². The van der Waals surface area contributed by atoms with Crippen molar-refractivity contribution in [2.24, 2.45) is 0 Å². The van der Waals surface area contributed by atoms with Crippen molar-refractivity contribution in [3.8, 4) is 0 Å². The lowest BCUT2D eigenvalue weighted by atomic mass is 9.99. The second kappa shape index (κ2) is 5.15. The number of piperidine rings is 1. The van der Waals surface area contributed by atoms with Gasteiger partial charge in [-0.2, -0.15) is 5.10 Å². The van der Waals surface area contributed by atoms with Crippen LogP contribution in [0.2, 0.25) is 0 Å². The standard InChI is InChI=1S/C16H20N4O/c21-16(12-4-5-13-10-17-18-15(13)9-12)20-8-7-19-6-2-1-3-14(19)11-20/h4-5,9-10,14H,1-3,6-8,11H2,(H,17,18). The number of hydrogen-bond donors (Lipinski definition) is 1. The summed E-state index contributed by atoms with van der Waals surface area (Å²) in [6, 6.07) is 6.35. The molecular weight excluding hydrogens is 264 g/mol. The molecule has 2 fully saturated rings. The van der Waals surface area contributed by atoms with Crippen LogP contribution in [0.1, 0.15) is 29.6 Å². The highest BCUT2D eigenvalue weighted by atomic mass is 16.2. The number of piperazine rings is 1. The van der Waals surface area contributed by atoms with Crippen LogP contribution in [-0.2, 0) is 0 Å². The lowest BCUT2D eigenvalue weighted by Crippen LogP contribution is -2.56. The maximum Gasteiger partial charge on any atom is 0.254 e. The van der Waals surface area contributed by atoms with Crippen LogP contribution in [0.5, 0.6) is 0 Å². The maximum atomic E-state index is 12.7. The first kappa shape index (κ1) is 12.8. The molecule has 1 aromatic heterocycles. The third-order valence-electron chi connectivity index (χ3n) is 4.81. The number of carbonyl (C=O) groups is 1. The molecule has 0 spiro atoms. The average Bonchev–Trinajstić information content (AvgIpc) is 3.01. The Bertz CT molecular complexity index is 665. The van der Waals surface area contributed by atoms with Gasteiger partial charge < -0.3 is 4.90 Å². The van der Waals surface area contributed by atoms with Crippen molar-refractivity contribution in [1.29, 1.82) is 0 Å². The van der Waals surface area contributed by atoms with E-state index in [-0.39, 0.29) is 5.91 Å². The first-order valence-corrected chi connectivity index (χ1v) is 7.78. The molecule has 5 nitrogen and oxygen atoms in total. The van der Waals surface area contributed by atoms with Crippen molar-refractivity contribution < 1.29 is 4.79 Å². The third kappa shape index (κ3) is 2.31. The topological polar surface area (TPSA) is 52.2 Å². The zero-order valence-corrected chi connectivity index (χ0v) is 12.1. The fourth-order valence-electron chi connectivity index (χ4n) is 3.59. The van der Waals surface area contributed by atoms with E-state index in [1.54, 1.807) is 6.20 Å². The quantitative estimate of drug-likeness (QED) is 0.870. The van der Waals surface area contributed by atoms with Crippen LogP contribution < -0.4 is 0 Å². The Balaban J connectivity index is 1.53. The van der Waals surface area contributed by atoms with Crippen molar-refractivity contribution in [2.45, 2.75) is 25.3 Å². The molecule has 1 amide bonds. The number of rotatable bonds is 1. The van der Waals surface area contributed by atoms with Crippen LogP contribution in [0.4, 0.5) is 0 Å². The first-order valence-electron chi connectivity index (χ1n) is 7.78. The predicted octanol–water partition coefficient (Wildman–Crippen LogP) is 1.87. The molecule has 0 radical (unpaired) electrons. The van der Waals surface area contributed by atoms with Crippen molar-refractivity contribution >= 4 is 16.8 Å². The predicted molar refractivity (Wildman–Crippen MR) is 81.2 cm³/mol. The Hall–Kier alpha value is -1.88. The Kier molecular flexibility index (Phi) is 3.15. The Morgan fingerprint density at radius 3 is 3.14 bits per heavy atom. The average molecular weight is 284 g/mol. The molecule has 4 rings (SSSR count). The van der Waals surface area contributed by atoms with Gasteiger partial charge in [0.1, 0.15) is 0 Å². The Morgan fingerprint density at radius 1 is 1.24 bits per heavy atom. The molecule has 3 heterocycles. The monoisotopic (exact) mass is 284 g/mol. The fourth-order valence-corrected chi connectivity index (χ4v) is 3.59. The molecule has 110 valence electrons. The second-order valence-electron chi connectivity index (χ2n) is 6.11. The number of aromatic nitrogens is 2. The van der Waals surface area contributed by atoms with Crippen LogP contribution in [0.25, 0.3) is 10.9 Å². The molecule has 0 aliphatic carbocycles. The normalized spacial score (nSPS) is 23.2. The van der Waals surface area contributed by atoms with Gasteiger partial charge in [0.15, 0.2) is 0 Å². The van der Waals surface area contributed by atoms with E-state index < -0.39 is 0 Å². The van der Waals surface area contributed by atoms with Gasteiger partial charge in [-0.15, -0.1) is 0 Å². The van der Waals surface area contributed by atoms with E-state index in [1.807, 2.05) is 23.1 Å². The maximum absolute atomic E-state index is 12.7. The summed E-state index contributed by atoms with van der Waals surface area (Å²) in [5.74, 6) is 0.150. The zero-order chi connectivity index (χ0) is 14.2. The third-order valence-corrected chi connectivity index (χ3v) is 4.81. The summed E-state index contributed by atoms with van der Waals surface area (Å²) in [4.78, 5) is 17.3. The SMILES string of the molecule is O=C(c1ccc2cn[nH]c2c1)N1CCN2CCCCC2C1. The first-order chi connectivity index (χ1) is 10.3. The summed E-state index contributed by atoms with van der Waals surface area (Å²) >= 11 is 0. The number of fused-ring (bicyclic) bond motifs is 2. The smallest absolute Gasteiger partial charge is 0.254 e. The lowest BCUT2D eigenvalue weighted by Gasteiger charge is -2.44. The van der Waals surface area contributed by atoms with Crippen LogP contribution in [0.15, 0.2) is 24.4 Å². The number of nitrogens with one attached hydrogen (secondary N) is 1. The highest BCUT2D eigenvalue weighted by Gasteiger charge is 2.31. The van der Waals surface area contributed by atoms with Crippen LogP contribution in [0.3, 0.4) is 0 Å². The van der Waals surface area contributed by atoms with Crippen molar-refractivity contribution in [1.82, 2.24) is 20.0 Å². The summed E-state index contributed by atoms with van der Waals surface area (Å²) in [6.45, 7) is 3.94. The van der Waals surface area contributed by atoms with Crippen molar-refractivity contribution in [3.63, 3.8) is 0 Å². The van der Waals surface area contributed by atoms with Crippen LogP contribution in [-0.4, -0.2) is 58.1 Å². The number of nitrogens with zero attached hydrogens (tertiary/aromatic N) is 3. The van der Waals surface area contributed by atoms with Crippen molar-refractivity contribution in [2.75, 3.05) is 26.2 Å². The molecule has 0 saturated carbocycles. The van der Waals surface area contributed by atoms with E-state index in [1.165, 1.54) is 25.8 Å². The molecule has 1 atom stereocenters. The molecule has 2 saturated heterocycles. The molecule has 21 heavy (non-hydrogen) atoms. The zero-order valence-electron chi connectivity index (χ0n) is 12.1. The van der Waals surface area contributed by atoms with Gasteiger partial charge in [0.2, 0.25) is 0 Å². The number of carbonyl (C=O) groups excluding carboxylic acids is 1. The summed E-state index contributed by atoms with van der Waals surface area (Å²) in [5.41, 5.74) is 1.69. The Morgan fingerprint density at radius 2 is 2.19 bits per heavy atom. The van der Waals surface area contributed by atoms with Gasteiger partial charge in [-0.25, -0.2) is 0 Å². The van der Waals surface area contributed by atoms with Gasteiger partial charge in [0.05, 0.1) is 11.7 Å². The van der Waals surface area contributed by atoms with E-state index in [0.29, 0.717) is 6.04 Å². The lowest BCUT2D eigenvalue weighted by molar-refractivity contribution is 0.0372. The molecular formula is C16H20N4O. The summed E-state index contributed by atoms with van der Waals surface area (Å²) in [5, 5.41) is 7.99. The number of benzene rings is 1. The van der Waals surface area contributed by atoms with Gasteiger partial charge in [-0.3, -0.25) is 14.8 Å². The number of hydrogen-bond acceptors (Lipinski definition) is 3. The van der Waals surface area contributed by atoms with Crippen LogP contribution in [0, 0.1) is 0 Å². The molecule has 5 heteroatoms. The second-order valence-corrected chi connectivity index (χ2v) is 6.11. The summed E-state index contributed by atoms with van der Waals surface area (Å²) in [6.07, 6.45) is 5.61. The minimum atomic E-state index is 0.150. The molecule has 2 aliphatic heterocycles. The van der Waals surface area contributed by atoms with E-state index in [0.717, 1.165) is 36.1 Å². The molecule has 2 aliphatic rings. The van der Waals surface area contributed by atoms with Gasteiger partial charge in [0.25, 0.3) is 5.91 Å². The summed E-state index contributed by atoms with van der Waals surface area (Å²) < 4.78 is 0. The highest BCUT2D eigenvalue weighted by molar-refractivity contribution is 5.97. The van der Waals surface area contributed by atoms with Gasteiger partial charge >= 0.3 is 0 Å². The van der Waals surface area contributed by atoms with Gasteiger partial charge in [-0.05, 0) is 31.5 Å². The van der Waals surface area contributed by atoms with Crippen LogP contribution >= 0.6 is 0 Å². The minimum Gasteiger partial charge on any atom is -0.336 e. The fraction of sp³-hybridized carbons (Fsp3) is 0.500. The van der Waals surface area contributed by atoms with Gasteiger partial charge in [-0.1, -0.05) is 12.5 Å².